The van der Waals surface area contributed by atoms with Gasteiger partial charge >= 0.3 is 0 Å². The van der Waals surface area contributed by atoms with Gasteiger partial charge < -0.3 is 4.90 Å². The van der Waals surface area contributed by atoms with Crippen molar-refractivity contribution < 1.29 is 4.79 Å². The third-order valence-corrected chi connectivity index (χ3v) is 4.46. The van der Waals surface area contributed by atoms with Crippen molar-refractivity contribution in [1.29, 1.82) is 0 Å². The molecule has 0 saturated carbocycles. The maximum Gasteiger partial charge on any atom is 0.259 e. The van der Waals surface area contributed by atoms with Gasteiger partial charge in [0.15, 0.2) is 4.33 Å². The maximum atomic E-state index is 12.7. The van der Waals surface area contributed by atoms with Crippen LogP contribution < -0.4 is 0 Å². The van der Waals surface area contributed by atoms with Crippen molar-refractivity contribution in [3.05, 3.63) is 47.5 Å². The molecule has 1 rings (SSSR count). The SMILES string of the molecule is CCCCCCC(Cl)(Cl)C(=O)N(C/C=C/Cl)Cc1ccccc1. The summed E-state index contributed by atoms with van der Waals surface area (Å²) in [5, 5.41) is 0. The highest BCUT2D eigenvalue weighted by molar-refractivity contribution is 6.58. The number of rotatable bonds is 10. The lowest BCUT2D eigenvalue weighted by Gasteiger charge is -2.28. The summed E-state index contributed by atoms with van der Waals surface area (Å²) in [5.74, 6) is -0.268. The standard InChI is InChI=1S/C18H24Cl3NO/c1-2-3-4-8-12-18(20,21)17(23)22(14-9-13-19)15-16-10-6-5-7-11-16/h5-7,9-11,13H,2-4,8,12,14-15H2,1H3/b13-9+. The van der Waals surface area contributed by atoms with Gasteiger partial charge in [0, 0.05) is 18.6 Å². The molecule has 0 radical (unpaired) electrons. The van der Waals surface area contributed by atoms with E-state index in [4.69, 9.17) is 34.8 Å². The summed E-state index contributed by atoms with van der Waals surface area (Å²) in [6.07, 6.45) is 6.31. The van der Waals surface area contributed by atoms with E-state index in [2.05, 4.69) is 6.92 Å². The quantitative estimate of drug-likeness (QED) is 0.367. The van der Waals surface area contributed by atoms with Gasteiger partial charge in [0.25, 0.3) is 5.91 Å². The van der Waals surface area contributed by atoms with Gasteiger partial charge in [0.05, 0.1) is 0 Å². The molecule has 5 heteroatoms. The molecular formula is C18H24Cl3NO. The van der Waals surface area contributed by atoms with Crippen LogP contribution >= 0.6 is 34.8 Å². The predicted molar refractivity (Wildman–Crippen MR) is 100 cm³/mol. The monoisotopic (exact) mass is 375 g/mol. The van der Waals surface area contributed by atoms with Crippen LogP contribution in [0.3, 0.4) is 0 Å². The molecule has 0 aromatic heterocycles. The van der Waals surface area contributed by atoms with Crippen molar-refractivity contribution in [1.82, 2.24) is 4.90 Å². The Morgan fingerprint density at radius 2 is 1.87 bits per heavy atom. The van der Waals surface area contributed by atoms with Crippen LogP contribution in [-0.2, 0) is 11.3 Å². The van der Waals surface area contributed by atoms with Gasteiger partial charge in [-0.25, -0.2) is 0 Å². The van der Waals surface area contributed by atoms with Crippen LogP contribution in [0.15, 0.2) is 41.9 Å². The minimum absolute atomic E-state index is 0.268. The van der Waals surface area contributed by atoms with Gasteiger partial charge in [-0.1, -0.05) is 97.4 Å². The Kier molecular flexibility index (Phi) is 9.69. The van der Waals surface area contributed by atoms with E-state index < -0.39 is 4.33 Å². The van der Waals surface area contributed by atoms with Crippen molar-refractivity contribution in [3.8, 4) is 0 Å². The Balaban J connectivity index is 2.73. The molecule has 0 aliphatic heterocycles. The van der Waals surface area contributed by atoms with Crippen molar-refractivity contribution >= 4 is 40.7 Å². The number of unbranched alkanes of at least 4 members (excludes halogenated alkanes) is 3. The van der Waals surface area contributed by atoms with Crippen LogP contribution in [0.25, 0.3) is 0 Å². The fourth-order valence-corrected chi connectivity index (χ4v) is 2.89. The lowest BCUT2D eigenvalue weighted by atomic mass is 10.1. The van der Waals surface area contributed by atoms with Crippen molar-refractivity contribution in [2.24, 2.45) is 0 Å². The zero-order valence-electron chi connectivity index (χ0n) is 13.5. The van der Waals surface area contributed by atoms with Crippen LogP contribution in [0.4, 0.5) is 0 Å². The van der Waals surface area contributed by atoms with Crippen LogP contribution in [-0.4, -0.2) is 21.7 Å². The van der Waals surface area contributed by atoms with Crippen LogP contribution in [0.2, 0.25) is 0 Å². The smallest absolute Gasteiger partial charge is 0.259 e. The molecule has 2 nitrogen and oxygen atoms in total. The van der Waals surface area contributed by atoms with E-state index in [1.54, 1.807) is 11.0 Å². The molecule has 1 aromatic rings. The van der Waals surface area contributed by atoms with Gasteiger partial charge in [0.2, 0.25) is 0 Å². The van der Waals surface area contributed by atoms with Crippen LogP contribution in [0.5, 0.6) is 0 Å². The Morgan fingerprint density at radius 1 is 1.17 bits per heavy atom. The first-order valence-corrected chi connectivity index (χ1v) is 9.17. The largest absolute Gasteiger partial charge is 0.332 e. The number of alkyl halides is 2. The molecule has 1 aromatic carbocycles. The lowest BCUT2D eigenvalue weighted by Crippen LogP contribution is -2.42. The fourth-order valence-electron chi connectivity index (χ4n) is 2.30. The van der Waals surface area contributed by atoms with Crippen molar-refractivity contribution in [2.45, 2.75) is 49.9 Å². The molecule has 0 saturated heterocycles. The fraction of sp³-hybridized carbons (Fsp3) is 0.500. The van der Waals surface area contributed by atoms with E-state index in [0.717, 1.165) is 31.2 Å². The van der Waals surface area contributed by atoms with Gasteiger partial charge in [-0.2, -0.15) is 0 Å². The Morgan fingerprint density at radius 3 is 2.48 bits per heavy atom. The number of carbonyl (C=O) groups excluding carboxylic acids is 1. The summed E-state index contributed by atoms with van der Waals surface area (Å²) >= 11 is 18.2. The molecule has 0 bridgehead atoms. The molecule has 0 aliphatic carbocycles. The number of hydrogen-bond acceptors (Lipinski definition) is 1. The highest BCUT2D eigenvalue weighted by Crippen LogP contribution is 2.31. The first-order valence-electron chi connectivity index (χ1n) is 7.97. The van der Waals surface area contributed by atoms with Gasteiger partial charge in [0.1, 0.15) is 0 Å². The lowest BCUT2D eigenvalue weighted by molar-refractivity contribution is -0.132. The van der Waals surface area contributed by atoms with E-state index in [0.29, 0.717) is 19.5 Å². The highest BCUT2D eigenvalue weighted by Gasteiger charge is 2.36. The molecule has 0 N–H and O–H groups in total. The number of amides is 1. The Hall–Kier alpha value is -0.700. The van der Waals surface area contributed by atoms with Crippen molar-refractivity contribution in [2.75, 3.05) is 6.54 Å². The summed E-state index contributed by atoms with van der Waals surface area (Å²) in [7, 11) is 0. The third-order valence-electron chi connectivity index (χ3n) is 3.58. The second kappa shape index (κ2) is 11.0. The number of hydrogen-bond donors (Lipinski definition) is 0. The maximum absolute atomic E-state index is 12.7. The number of benzene rings is 1. The molecule has 0 unspecified atom stereocenters. The molecule has 0 fully saturated rings. The average molecular weight is 377 g/mol. The van der Waals surface area contributed by atoms with E-state index in [1.807, 2.05) is 30.3 Å². The molecular weight excluding hydrogens is 353 g/mol. The molecule has 128 valence electrons. The molecule has 0 spiro atoms. The minimum Gasteiger partial charge on any atom is -0.332 e. The molecule has 1 amide bonds. The summed E-state index contributed by atoms with van der Waals surface area (Å²) < 4.78 is -1.39. The number of nitrogens with zero attached hydrogens (tertiary/aromatic N) is 1. The second-order valence-electron chi connectivity index (χ2n) is 5.55. The second-order valence-corrected chi connectivity index (χ2v) is 7.28. The third kappa shape index (κ3) is 7.60. The van der Waals surface area contributed by atoms with Gasteiger partial charge in [-0.05, 0) is 18.4 Å². The van der Waals surface area contributed by atoms with Gasteiger partial charge in [-0.3, -0.25) is 4.79 Å². The number of carbonyl (C=O) groups is 1. The van der Waals surface area contributed by atoms with Crippen LogP contribution in [0, 0.1) is 0 Å². The summed E-state index contributed by atoms with van der Waals surface area (Å²) in [4.78, 5) is 14.4. The van der Waals surface area contributed by atoms with E-state index >= 15 is 0 Å². The summed E-state index contributed by atoms with van der Waals surface area (Å²) in [6.45, 7) is 2.98. The summed E-state index contributed by atoms with van der Waals surface area (Å²) in [5.41, 5.74) is 2.43. The Labute approximate surface area is 154 Å². The molecule has 0 atom stereocenters. The normalized spacial score (nSPS) is 11.8. The van der Waals surface area contributed by atoms with Crippen molar-refractivity contribution in [3.63, 3.8) is 0 Å². The Bertz CT molecular complexity index is 488. The zero-order valence-corrected chi connectivity index (χ0v) is 15.7. The molecule has 0 heterocycles. The molecule has 0 aliphatic rings. The topological polar surface area (TPSA) is 20.3 Å². The zero-order chi connectivity index (χ0) is 17.1. The average Bonchev–Trinajstić information content (AvgIpc) is 2.55. The van der Waals surface area contributed by atoms with Gasteiger partial charge in [-0.15, -0.1) is 0 Å². The highest BCUT2D eigenvalue weighted by atomic mass is 35.5. The number of halogens is 3. The minimum atomic E-state index is -1.39. The molecule has 23 heavy (non-hydrogen) atoms. The van der Waals surface area contributed by atoms with Crippen LogP contribution in [0.1, 0.15) is 44.6 Å². The first kappa shape index (κ1) is 20.3. The van der Waals surface area contributed by atoms with E-state index in [1.165, 1.54) is 5.54 Å². The predicted octanol–water partition coefficient (Wildman–Crippen LogP) is 5.91. The first-order chi connectivity index (χ1) is 11.0. The van der Waals surface area contributed by atoms with E-state index in [-0.39, 0.29) is 5.91 Å². The summed E-state index contributed by atoms with van der Waals surface area (Å²) in [6, 6.07) is 9.76. The van der Waals surface area contributed by atoms with E-state index in [9.17, 15) is 4.79 Å².